The predicted molar refractivity (Wildman–Crippen MR) is 47.8 cm³/mol. The van der Waals surface area contributed by atoms with Gasteiger partial charge in [-0.15, -0.1) is 0 Å². The summed E-state index contributed by atoms with van der Waals surface area (Å²) in [6.07, 6.45) is 4.02. The largest absolute Gasteiger partial charge is 0.394 e. The molecule has 1 saturated carbocycles. The Kier molecular flexibility index (Phi) is 2.51. The fraction of sp³-hybridized carbons (Fsp3) is 0.889. The van der Waals surface area contributed by atoms with Gasteiger partial charge in [0.2, 0.25) is 5.91 Å². The lowest BCUT2D eigenvalue weighted by Gasteiger charge is -2.38. The van der Waals surface area contributed by atoms with Gasteiger partial charge in [0.1, 0.15) is 0 Å². The summed E-state index contributed by atoms with van der Waals surface area (Å²) in [5.74, 6) is 0.173. The van der Waals surface area contributed by atoms with E-state index in [9.17, 15) is 4.79 Å². The van der Waals surface area contributed by atoms with Crippen LogP contribution in [0.3, 0.4) is 0 Å². The highest BCUT2D eigenvalue weighted by Gasteiger charge is 2.36. The molecular formula is C9H16N2O2. The van der Waals surface area contributed by atoms with Gasteiger partial charge in [0, 0.05) is 19.0 Å². The highest BCUT2D eigenvalue weighted by Crippen LogP contribution is 2.30. The summed E-state index contributed by atoms with van der Waals surface area (Å²) in [6.45, 7) is 1.51. The Balaban J connectivity index is 1.99. The molecule has 0 aromatic rings. The fourth-order valence-corrected chi connectivity index (χ4v) is 1.89. The van der Waals surface area contributed by atoms with Gasteiger partial charge in [0.15, 0.2) is 0 Å². The van der Waals surface area contributed by atoms with E-state index in [1.807, 2.05) is 0 Å². The Morgan fingerprint density at radius 2 is 2.23 bits per heavy atom. The van der Waals surface area contributed by atoms with Gasteiger partial charge in [-0.3, -0.25) is 9.80 Å². The maximum Gasteiger partial charge on any atom is 0.236 e. The van der Waals surface area contributed by atoms with Crippen LogP contribution in [-0.2, 0) is 4.79 Å². The van der Waals surface area contributed by atoms with Gasteiger partial charge in [-0.05, 0) is 19.3 Å². The molecule has 4 nitrogen and oxygen atoms in total. The molecule has 0 spiro atoms. The van der Waals surface area contributed by atoms with Crippen LogP contribution in [0, 0.1) is 0 Å². The minimum Gasteiger partial charge on any atom is -0.394 e. The summed E-state index contributed by atoms with van der Waals surface area (Å²) in [7, 11) is 0. The first-order valence-electron chi connectivity index (χ1n) is 5.00. The normalized spacial score (nSPS) is 25.3. The van der Waals surface area contributed by atoms with E-state index >= 15 is 0 Å². The number of aliphatic hydroxyl groups excluding tert-OH is 1. The van der Waals surface area contributed by atoms with Gasteiger partial charge >= 0.3 is 0 Å². The van der Waals surface area contributed by atoms with Crippen molar-refractivity contribution in [3.8, 4) is 0 Å². The van der Waals surface area contributed by atoms with Crippen molar-refractivity contribution >= 4 is 5.91 Å². The standard InChI is InChI=1S/C9H16N2O2/c12-7-6-11-9(13)2-1-5-10(11)8-3-4-8/h8,12H,1-7H2. The molecule has 74 valence electrons. The van der Waals surface area contributed by atoms with E-state index in [-0.39, 0.29) is 12.5 Å². The molecule has 0 unspecified atom stereocenters. The van der Waals surface area contributed by atoms with Gasteiger partial charge < -0.3 is 5.11 Å². The Morgan fingerprint density at radius 1 is 1.46 bits per heavy atom. The summed E-state index contributed by atoms with van der Waals surface area (Å²) in [5, 5.41) is 12.7. The first-order valence-corrected chi connectivity index (χ1v) is 5.00. The molecule has 2 fully saturated rings. The van der Waals surface area contributed by atoms with Crippen molar-refractivity contribution in [2.24, 2.45) is 0 Å². The minimum absolute atomic E-state index is 0.0644. The van der Waals surface area contributed by atoms with Crippen LogP contribution in [0.15, 0.2) is 0 Å². The Hall–Kier alpha value is -0.610. The third kappa shape index (κ3) is 1.84. The third-order valence-corrected chi connectivity index (χ3v) is 2.66. The second-order valence-corrected chi connectivity index (χ2v) is 3.74. The van der Waals surface area contributed by atoms with Crippen LogP contribution in [0.2, 0.25) is 0 Å². The average molecular weight is 184 g/mol. The van der Waals surface area contributed by atoms with Crippen LogP contribution >= 0.6 is 0 Å². The second-order valence-electron chi connectivity index (χ2n) is 3.74. The molecule has 1 aliphatic heterocycles. The molecule has 1 heterocycles. The van der Waals surface area contributed by atoms with Crippen molar-refractivity contribution in [2.45, 2.75) is 31.7 Å². The number of hydrazine groups is 1. The van der Waals surface area contributed by atoms with Crippen molar-refractivity contribution < 1.29 is 9.90 Å². The summed E-state index contributed by atoms with van der Waals surface area (Å²) >= 11 is 0. The molecule has 0 bridgehead atoms. The molecule has 13 heavy (non-hydrogen) atoms. The molecule has 4 heteroatoms. The monoisotopic (exact) mass is 184 g/mol. The lowest BCUT2D eigenvalue weighted by atomic mass is 10.2. The van der Waals surface area contributed by atoms with Crippen molar-refractivity contribution in [2.75, 3.05) is 19.7 Å². The predicted octanol–water partition coefficient (Wildman–Crippen LogP) is -0.0195. The summed E-state index contributed by atoms with van der Waals surface area (Å²) in [5.41, 5.74) is 0. The third-order valence-electron chi connectivity index (χ3n) is 2.66. The number of amides is 1. The van der Waals surface area contributed by atoms with E-state index in [0.717, 1.165) is 13.0 Å². The van der Waals surface area contributed by atoms with E-state index < -0.39 is 0 Å². The smallest absolute Gasteiger partial charge is 0.236 e. The van der Waals surface area contributed by atoms with Crippen LogP contribution in [0.1, 0.15) is 25.7 Å². The molecule has 1 aliphatic carbocycles. The van der Waals surface area contributed by atoms with Gasteiger partial charge in [0.05, 0.1) is 13.2 Å². The number of hydrogen-bond donors (Lipinski definition) is 1. The molecule has 0 aromatic carbocycles. The van der Waals surface area contributed by atoms with Crippen molar-refractivity contribution in [1.82, 2.24) is 10.0 Å². The number of carbonyl (C=O) groups excluding carboxylic acids is 1. The average Bonchev–Trinajstić information content (AvgIpc) is 2.92. The van der Waals surface area contributed by atoms with Gasteiger partial charge in [-0.1, -0.05) is 0 Å². The molecule has 2 aliphatic rings. The first kappa shape index (κ1) is 8.97. The summed E-state index contributed by atoms with van der Waals surface area (Å²) in [6, 6.07) is 0.579. The number of carbonyl (C=O) groups is 1. The molecule has 0 atom stereocenters. The van der Waals surface area contributed by atoms with E-state index in [1.54, 1.807) is 5.01 Å². The van der Waals surface area contributed by atoms with Crippen LogP contribution in [0.25, 0.3) is 0 Å². The van der Waals surface area contributed by atoms with Crippen molar-refractivity contribution in [3.63, 3.8) is 0 Å². The van der Waals surface area contributed by atoms with Gasteiger partial charge in [-0.25, -0.2) is 5.01 Å². The highest BCUT2D eigenvalue weighted by molar-refractivity contribution is 5.76. The number of hydrogen-bond acceptors (Lipinski definition) is 3. The van der Waals surface area contributed by atoms with E-state index in [0.29, 0.717) is 19.0 Å². The van der Waals surface area contributed by atoms with E-state index in [2.05, 4.69) is 5.01 Å². The summed E-state index contributed by atoms with van der Waals surface area (Å²) < 4.78 is 0. The van der Waals surface area contributed by atoms with Gasteiger partial charge in [0.25, 0.3) is 0 Å². The van der Waals surface area contributed by atoms with Crippen molar-refractivity contribution in [1.29, 1.82) is 0 Å². The van der Waals surface area contributed by atoms with E-state index in [1.165, 1.54) is 12.8 Å². The Morgan fingerprint density at radius 3 is 2.85 bits per heavy atom. The minimum atomic E-state index is 0.0644. The quantitative estimate of drug-likeness (QED) is 0.670. The zero-order chi connectivity index (χ0) is 9.26. The number of β-amino-alcohol motifs (C(OH)–C–C–N with tert-alkyl or cyclic N) is 1. The SMILES string of the molecule is O=C1CCCN(C2CC2)N1CCO. The van der Waals surface area contributed by atoms with Crippen LogP contribution in [0.5, 0.6) is 0 Å². The lowest BCUT2D eigenvalue weighted by molar-refractivity contribution is -0.158. The zero-order valence-corrected chi connectivity index (χ0v) is 7.78. The maximum absolute atomic E-state index is 11.5. The molecular weight excluding hydrogens is 168 g/mol. The van der Waals surface area contributed by atoms with Crippen LogP contribution in [0.4, 0.5) is 0 Å². The van der Waals surface area contributed by atoms with Gasteiger partial charge in [-0.2, -0.15) is 0 Å². The topological polar surface area (TPSA) is 43.8 Å². The fourth-order valence-electron chi connectivity index (χ4n) is 1.89. The highest BCUT2D eigenvalue weighted by atomic mass is 16.3. The summed E-state index contributed by atoms with van der Waals surface area (Å²) in [4.78, 5) is 11.5. The first-order chi connectivity index (χ1) is 6.33. The molecule has 0 radical (unpaired) electrons. The number of rotatable bonds is 3. The van der Waals surface area contributed by atoms with Crippen LogP contribution < -0.4 is 0 Å². The lowest BCUT2D eigenvalue weighted by Crippen LogP contribution is -2.52. The second kappa shape index (κ2) is 3.64. The number of nitrogens with zero attached hydrogens (tertiary/aromatic N) is 2. The molecule has 2 rings (SSSR count). The Labute approximate surface area is 78.1 Å². The molecule has 1 saturated heterocycles. The zero-order valence-electron chi connectivity index (χ0n) is 7.78. The molecule has 1 amide bonds. The van der Waals surface area contributed by atoms with E-state index in [4.69, 9.17) is 5.11 Å². The Bertz CT molecular complexity index is 204. The molecule has 0 aromatic heterocycles. The molecule has 1 N–H and O–H groups in total. The van der Waals surface area contributed by atoms with Crippen LogP contribution in [-0.4, -0.2) is 46.8 Å². The van der Waals surface area contributed by atoms with Crippen molar-refractivity contribution in [3.05, 3.63) is 0 Å². The maximum atomic E-state index is 11.5. The number of aliphatic hydroxyl groups is 1.